The number of non-ortho nitro benzene ring substituents is 1. The van der Waals surface area contributed by atoms with Crippen LogP contribution in [0.15, 0.2) is 70.2 Å². The molecular weight excluding hydrogens is 360 g/mol. The molecule has 0 saturated heterocycles. The van der Waals surface area contributed by atoms with Gasteiger partial charge in [-0.05, 0) is 36.8 Å². The smallest absolute Gasteiger partial charge is 0.270 e. The Labute approximate surface area is 161 Å². The first-order chi connectivity index (χ1) is 13.5. The summed E-state index contributed by atoms with van der Waals surface area (Å²) in [6, 6.07) is 17.3. The average molecular weight is 378 g/mol. The summed E-state index contributed by atoms with van der Waals surface area (Å²) >= 11 is 0. The molecule has 8 nitrogen and oxygen atoms in total. The fourth-order valence-corrected chi connectivity index (χ4v) is 2.50. The van der Waals surface area contributed by atoms with Crippen LogP contribution in [-0.4, -0.2) is 23.6 Å². The average Bonchev–Trinajstić information content (AvgIpc) is 3.16. The summed E-state index contributed by atoms with van der Waals surface area (Å²) in [5.41, 5.74) is 4.71. The van der Waals surface area contributed by atoms with E-state index in [0.29, 0.717) is 17.1 Å². The van der Waals surface area contributed by atoms with Crippen LogP contribution in [0.5, 0.6) is 0 Å². The molecule has 2 aromatic carbocycles. The van der Waals surface area contributed by atoms with Crippen LogP contribution in [0.1, 0.15) is 11.3 Å². The summed E-state index contributed by atoms with van der Waals surface area (Å²) in [5.74, 6) is 0.596. The van der Waals surface area contributed by atoms with E-state index in [9.17, 15) is 14.9 Å². The predicted octanol–water partition coefficient (Wildman–Crippen LogP) is 3.73. The number of nitrogens with one attached hydrogen (secondary N) is 2. The predicted molar refractivity (Wildman–Crippen MR) is 106 cm³/mol. The first-order valence-corrected chi connectivity index (χ1v) is 8.49. The molecule has 3 aromatic rings. The Bertz CT molecular complexity index is 1010. The lowest BCUT2D eigenvalue weighted by Gasteiger charge is -2.04. The van der Waals surface area contributed by atoms with Gasteiger partial charge in [0.2, 0.25) is 0 Å². The number of nitro benzene ring substituents is 1. The van der Waals surface area contributed by atoms with E-state index < -0.39 is 4.92 Å². The highest BCUT2D eigenvalue weighted by Crippen LogP contribution is 2.28. The maximum absolute atomic E-state index is 11.8. The van der Waals surface area contributed by atoms with Crippen LogP contribution >= 0.6 is 0 Å². The third kappa shape index (κ3) is 4.82. The molecule has 0 aliphatic heterocycles. The highest BCUT2D eigenvalue weighted by Gasteiger charge is 2.13. The number of anilines is 1. The lowest BCUT2D eigenvalue weighted by atomic mass is 10.1. The van der Waals surface area contributed by atoms with Gasteiger partial charge in [-0.3, -0.25) is 14.9 Å². The molecule has 8 heteroatoms. The van der Waals surface area contributed by atoms with Gasteiger partial charge in [-0.15, -0.1) is 0 Å². The summed E-state index contributed by atoms with van der Waals surface area (Å²) in [7, 11) is 0. The Morgan fingerprint density at radius 2 is 1.96 bits per heavy atom. The SMILES string of the molecule is Cc1ccc([N+](=O)[O-])cc1-c1ccc(/C=N\NC(=O)CNc2ccccc2)o1. The molecular formula is C20H18N4O4. The van der Waals surface area contributed by atoms with Crippen molar-refractivity contribution < 1.29 is 14.1 Å². The number of hydrogen-bond acceptors (Lipinski definition) is 6. The van der Waals surface area contributed by atoms with E-state index in [1.54, 1.807) is 18.2 Å². The van der Waals surface area contributed by atoms with E-state index in [2.05, 4.69) is 15.8 Å². The molecule has 0 aliphatic carbocycles. The maximum atomic E-state index is 11.8. The number of aryl methyl sites for hydroxylation is 1. The molecule has 1 amide bonds. The zero-order valence-corrected chi connectivity index (χ0v) is 15.1. The van der Waals surface area contributed by atoms with Crippen LogP contribution in [0.4, 0.5) is 11.4 Å². The number of nitrogens with zero attached hydrogens (tertiary/aromatic N) is 2. The quantitative estimate of drug-likeness (QED) is 0.370. The summed E-state index contributed by atoms with van der Waals surface area (Å²) in [5, 5.41) is 17.8. The minimum absolute atomic E-state index is 0.00889. The number of rotatable bonds is 7. The molecule has 2 N–H and O–H groups in total. The Balaban J connectivity index is 1.59. The third-order valence-electron chi connectivity index (χ3n) is 3.93. The van der Waals surface area contributed by atoms with Crippen molar-refractivity contribution in [2.24, 2.45) is 5.10 Å². The van der Waals surface area contributed by atoms with Crippen LogP contribution in [-0.2, 0) is 4.79 Å². The lowest BCUT2D eigenvalue weighted by molar-refractivity contribution is -0.384. The van der Waals surface area contributed by atoms with Gasteiger partial charge >= 0.3 is 0 Å². The normalized spacial score (nSPS) is 10.8. The molecule has 142 valence electrons. The maximum Gasteiger partial charge on any atom is 0.270 e. The van der Waals surface area contributed by atoms with Gasteiger partial charge in [0.1, 0.15) is 11.5 Å². The number of amides is 1. The van der Waals surface area contributed by atoms with E-state index in [-0.39, 0.29) is 18.1 Å². The highest BCUT2D eigenvalue weighted by atomic mass is 16.6. The molecule has 0 atom stereocenters. The minimum atomic E-state index is -0.451. The molecule has 0 fully saturated rings. The lowest BCUT2D eigenvalue weighted by Crippen LogP contribution is -2.25. The fraction of sp³-hybridized carbons (Fsp3) is 0.100. The van der Waals surface area contributed by atoms with E-state index in [4.69, 9.17) is 4.42 Å². The fourth-order valence-electron chi connectivity index (χ4n) is 2.50. The van der Waals surface area contributed by atoms with E-state index >= 15 is 0 Å². The van der Waals surface area contributed by atoms with E-state index in [1.165, 1.54) is 18.3 Å². The second kappa shape index (κ2) is 8.63. The van der Waals surface area contributed by atoms with Crippen molar-refractivity contribution in [1.29, 1.82) is 0 Å². The minimum Gasteiger partial charge on any atom is -0.455 e. The van der Waals surface area contributed by atoms with Crippen molar-refractivity contribution in [3.63, 3.8) is 0 Å². The highest BCUT2D eigenvalue weighted by molar-refractivity contribution is 5.83. The second-order valence-electron chi connectivity index (χ2n) is 5.97. The van der Waals surface area contributed by atoms with Gasteiger partial charge in [0.05, 0.1) is 17.7 Å². The van der Waals surface area contributed by atoms with Crippen molar-refractivity contribution in [1.82, 2.24) is 5.43 Å². The van der Waals surface area contributed by atoms with Gasteiger partial charge in [0.15, 0.2) is 0 Å². The first kappa shape index (κ1) is 18.8. The van der Waals surface area contributed by atoms with Crippen molar-refractivity contribution in [3.8, 4) is 11.3 Å². The molecule has 0 spiro atoms. The Hall–Kier alpha value is -3.94. The number of nitro groups is 1. The van der Waals surface area contributed by atoms with Crippen LogP contribution in [0.2, 0.25) is 0 Å². The summed E-state index contributed by atoms with van der Waals surface area (Å²) in [4.78, 5) is 22.3. The second-order valence-corrected chi connectivity index (χ2v) is 5.97. The van der Waals surface area contributed by atoms with Crippen molar-refractivity contribution in [3.05, 3.63) is 82.1 Å². The Morgan fingerprint density at radius 3 is 2.71 bits per heavy atom. The molecule has 0 bridgehead atoms. The summed E-state index contributed by atoms with van der Waals surface area (Å²) in [6.45, 7) is 1.92. The number of para-hydroxylation sites is 1. The third-order valence-corrected chi connectivity index (χ3v) is 3.93. The van der Waals surface area contributed by atoms with Crippen molar-refractivity contribution in [2.75, 3.05) is 11.9 Å². The van der Waals surface area contributed by atoms with Crippen LogP contribution < -0.4 is 10.7 Å². The number of hydrazone groups is 1. The molecule has 0 aliphatic rings. The number of benzene rings is 2. The van der Waals surface area contributed by atoms with Crippen LogP contribution in [0.3, 0.4) is 0 Å². The molecule has 0 saturated carbocycles. The van der Waals surface area contributed by atoms with E-state index in [0.717, 1.165) is 11.3 Å². The van der Waals surface area contributed by atoms with Gasteiger partial charge in [0, 0.05) is 23.4 Å². The molecule has 1 heterocycles. The van der Waals surface area contributed by atoms with Gasteiger partial charge in [0.25, 0.3) is 11.6 Å². The number of carbonyl (C=O) groups is 1. The standard InChI is InChI=1S/C20H18N4O4/c1-14-7-8-16(24(26)27)11-18(14)19-10-9-17(28-19)12-22-23-20(25)13-21-15-5-3-2-4-6-15/h2-12,21H,13H2,1H3,(H,23,25)/b22-12-. The zero-order chi connectivity index (χ0) is 19.9. The van der Waals surface area contributed by atoms with Gasteiger partial charge in [-0.1, -0.05) is 24.3 Å². The van der Waals surface area contributed by atoms with Crippen molar-refractivity contribution in [2.45, 2.75) is 6.92 Å². The van der Waals surface area contributed by atoms with Crippen molar-refractivity contribution >= 4 is 23.5 Å². The molecule has 3 rings (SSSR count). The Morgan fingerprint density at radius 1 is 1.18 bits per heavy atom. The largest absolute Gasteiger partial charge is 0.455 e. The van der Waals surface area contributed by atoms with Gasteiger partial charge in [-0.25, -0.2) is 5.43 Å². The molecule has 28 heavy (non-hydrogen) atoms. The number of furan rings is 1. The number of hydrogen-bond donors (Lipinski definition) is 2. The van der Waals surface area contributed by atoms with Crippen LogP contribution in [0.25, 0.3) is 11.3 Å². The summed E-state index contributed by atoms with van der Waals surface area (Å²) in [6.07, 6.45) is 1.37. The molecule has 1 aromatic heterocycles. The zero-order valence-electron chi connectivity index (χ0n) is 15.1. The van der Waals surface area contributed by atoms with Gasteiger partial charge in [-0.2, -0.15) is 5.10 Å². The van der Waals surface area contributed by atoms with E-state index in [1.807, 2.05) is 37.3 Å². The van der Waals surface area contributed by atoms with Gasteiger partial charge < -0.3 is 9.73 Å². The topological polar surface area (TPSA) is 110 Å². The first-order valence-electron chi connectivity index (χ1n) is 8.49. The summed E-state index contributed by atoms with van der Waals surface area (Å²) < 4.78 is 5.66. The van der Waals surface area contributed by atoms with Crippen LogP contribution in [0, 0.1) is 17.0 Å². The monoisotopic (exact) mass is 378 g/mol. The number of carbonyl (C=O) groups excluding carboxylic acids is 1. The molecule has 0 unspecified atom stereocenters. The molecule has 0 radical (unpaired) electrons. The Kier molecular flexibility index (Phi) is 5.81.